The van der Waals surface area contributed by atoms with Crippen molar-refractivity contribution in [2.75, 3.05) is 21.3 Å². The molecule has 1 spiro atoms. The molecule has 1 fully saturated rings. The van der Waals surface area contributed by atoms with Crippen LogP contribution in [0.15, 0.2) is 60.7 Å². The van der Waals surface area contributed by atoms with E-state index in [0.717, 1.165) is 17.0 Å². The molecule has 0 saturated carbocycles. The minimum absolute atomic E-state index is 0.0931. The summed E-state index contributed by atoms with van der Waals surface area (Å²) in [4.78, 5) is 26.1. The molecule has 2 heterocycles. The number of halogens is 3. The van der Waals surface area contributed by atoms with E-state index in [-0.39, 0.29) is 29.2 Å². The molecule has 2 aliphatic heterocycles. The van der Waals surface area contributed by atoms with Gasteiger partial charge in [0.15, 0.2) is 21.5 Å². The summed E-state index contributed by atoms with van der Waals surface area (Å²) < 4.78 is 68.4. The van der Waals surface area contributed by atoms with Crippen LogP contribution in [-0.4, -0.2) is 26.0 Å². The summed E-state index contributed by atoms with van der Waals surface area (Å²) in [5, 5.41) is 0. The van der Waals surface area contributed by atoms with E-state index in [1.54, 1.807) is 6.07 Å². The van der Waals surface area contributed by atoms with Gasteiger partial charge in [0.25, 0.3) is 10.8 Å². The van der Waals surface area contributed by atoms with Crippen LogP contribution in [0.5, 0.6) is 0 Å². The Hall–Kier alpha value is -3.86. The molecule has 5 rings (SSSR count). The predicted molar refractivity (Wildman–Crippen MR) is 118 cm³/mol. The van der Waals surface area contributed by atoms with Crippen molar-refractivity contribution in [3.8, 4) is 0 Å². The molecule has 0 radical (unpaired) electrons. The normalized spacial score (nSPS) is 20.9. The zero-order valence-electron chi connectivity index (χ0n) is 17.3. The van der Waals surface area contributed by atoms with Gasteiger partial charge >= 0.3 is 0 Å². The highest BCUT2D eigenvalue weighted by atomic mass is 32.2. The van der Waals surface area contributed by atoms with Gasteiger partial charge in [-0.05, 0) is 48.0 Å². The minimum atomic E-state index is -4.53. The van der Waals surface area contributed by atoms with Gasteiger partial charge in [-0.2, -0.15) is 0 Å². The molecule has 1 atom stereocenters. The first-order valence-electron chi connectivity index (χ1n) is 10.0. The van der Waals surface area contributed by atoms with Gasteiger partial charge in [-0.15, -0.1) is 0 Å². The Balaban J connectivity index is 1.77. The van der Waals surface area contributed by atoms with Crippen LogP contribution in [0.1, 0.15) is 11.1 Å². The van der Waals surface area contributed by atoms with Gasteiger partial charge in [-0.25, -0.2) is 21.6 Å². The maximum absolute atomic E-state index is 14.1. The average Bonchev–Trinajstić information content (AvgIpc) is 3.12. The SMILES string of the molecule is Nc1ccc2c(c1)C1(C(=O)N2Cc2cccc(F)c2)N(c2ccc(F)c(F)c2)C(=O)CS1(=O)=O. The van der Waals surface area contributed by atoms with Crippen molar-refractivity contribution in [1.82, 2.24) is 0 Å². The topological polar surface area (TPSA) is 101 Å². The van der Waals surface area contributed by atoms with E-state index >= 15 is 0 Å². The van der Waals surface area contributed by atoms with Crippen molar-refractivity contribution in [1.29, 1.82) is 0 Å². The molecule has 7 nitrogen and oxygen atoms in total. The number of carbonyl (C=O) groups is 2. The van der Waals surface area contributed by atoms with Crippen LogP contribution in [0.4, 0.5) is 30.2 Å². The lowest BCUT2D eigenvalue weighted by Crippen LogP contribution is -2.54. The Labute approximate surface area is 192 Å². The monoisotopic (exact) mass is 487 g/mol. The summed E-state index contributed by atoms with van der Waals surface area (Å²) in [6, 6.07) is 12.0. The van der Waals surface area contributed by atoms with Gasteiger partial charge in [0.2, 0.25) is 5.91 Å². The zero-order valence-corrected chi connectivity index (χ0v) is 18.2. The van der Waals surface area contributed by atoms with Gasteiger partial charge in [-0.1, -0.05) is 12.1 Å². The first kappa shape index (κ1) is 22.0. The van der Waals surface area contributed by atoms with Gasteiger partial charge in [-0.3, -0.25) is 14.5 Å². The lowest BCUT2D eigenvalue weighted by Gasteiger charge is -2.32. The summed E-state index contributed by atoms with van der Waals surface area (Å²) in [5.74, 6) is -6.10. The van der Waals surface area contributed by atoms with Crippen molar-refractivity contribution in [3.05, 3.63) is 89.2 Å². The van der Waals surface area contributed by atoms with Crippen LogP contribution in [0.2, 0.25) is 0 Å². The first-order valence-corrected chi connectivity index (χ1v) is 11.7. The number of rotatable bonds is 3. The van der Waals surface area contributed by atoms with Crippen molar-refractivity contribution < 1.29 is 31.2 Å². The number of hydrogen-bond acceptors (Lipinski definition) is 5. The fourth-order valence-electron chi connectivity index (χ4n) is 4.56. The second kappa shape index (κ2) is 7.32. The predicted octanol–water partition coefficient (Wildman–Crippen LogP) is 2.85. The molecule has 3 aromatic carbocycles. The Kier molecular flexibility index (Phi) is 4.73. The third-order valence-corrected chi connectivity index (χ3v) is 8.03. The van der Waals surface area contributed by atoms with E-state index < -0.39 is 49.7 Å². The summed E-state index contributed by atoms with van der Waals surface area (Å²) >= 11 is 0. The molecule has 1 saturated heterocycles. The number of anilines is 3. The minimum Gasteiger partial charge on any atom is -0.399 e. The first-order chi connectivity index (χ1) is 16.1. The number of nitrogens with two attached hydrogens (primary N) is 1. The molecule has 34 heavy (non-hydrogen) atoms. The van der Waals surface area contributed by atoms with Crippen LogP contribution in [0.3, 0.4) is 0 Å². The smallest absolute Gasteiger partial charge is 0.274 e. The molecule has 2 aliphatic rings. The highest BCUT2D eigenvalue weighted by molar-refractivity contribution is 7.94. The van der Waals surface area contributed by atoms with Crippen LogP contribution in [-0.2, 0) is 30.8 Å². The summed E-state index contributed by atoms with van der Waals surface area (Å²) in [6.07, 6.45) is 0. The van der Waals surface area contributed by atoms with E-state index in [2.05, 4.69) is 0 Å². The number of amides is 2. The maximum Gasteiger partial charge on any atom is 0.274 e. The number of sulfone groups is 1. The largest absolute Gasteiger partial charge is 0.399 e. The second-order valence-corrected chi connectivity index (χ2v) is 10.1. The number of hydrogen-bond donors (Lipinski definition) is 1. The Bertz CT molecular complexity index is 1490. The Morgan fingerprint density at radius 1 is 0.941 bits per heavy atom. The standard InChI is InChI=1S/C23H16F3N3O4S/c24-14-3-1-2-13(8-14)11-28-20-7-4-15(27)9-17(20)23(22(28)31)29(21(30)12-34(23,32)33)16-5-6-18(25)19(26)10-16/h1-10H,11-12,27H2. The number of benzene rings is 3. The third-order valence-electron chi connectivity index (χ3n) is 5.93. The van der Waals surface area contributed by atoms with Crippen molar-refractivity contribution in [2.24, 2.45) is 0 Å². The van der Waals surface area contributed by atoms with Crippen molar-refractivity contribution in [2.45, 2.75) is 11.4 Å². The molecule has 1 unspecified atom stereocenters. The highest BCUT2D eigenvalue weighted by Gasteiger charge is 2.69. The second-order valence-electron chi connectivity index (χ2n) is 8.03. The maximum atomic E-state index is 14.1. The van der Waals surface area contributed by atoms with E-state index in [9.17, 15) is 31.2 Å². The van der Waals surface area contributed by atoms with E-state index in [1.165, 1.54) is 36.4 Å². The molecule has 0 aromatic heterocycles. The van der Waals surface area contributed by atoms with Crippen molar-refractivity contribution in [3.63, 3.8) is 0 Å². The molecule has 2 N–H and O–H groups in total. The van der Waals surface area contributed by atoms with E-state index in [4.69, 9.17) is 5.73 Å². The fraction of sp³-hybridized carbons (Fsp3) is 0.130. The quantitative estimate of drug-likeness (QED) is 0.573. The number of nitrogens with zero attached hydrogens (tertiary/aromatic N) is 2. The third kappa shape index (κ3) is 2.93. The molecule has 0 bridgehead atoms. The molecule has 174 valence electrons. The lowest BCUT2D eigenvalue weighted by molar-refractivity contribution is -0.123. The highest BCUT2D eigenvalue weighted by Crippen LogP contribution is 2.53. The molecule has 2 amide bonds. The van der Waals surface area contributed by atoms with Crippen LogP contribution in [0, 0.1) is 17.5 Å². The lowest BCUT2D eigenvalue weighted by atomic mass is 10.0. The van der Waals surface area contributed by atoms with Crippen LogP contribution in [0.25, 0.3) is 0 Å². The Morgan fingerprint density at radius 3 is 2.41 bits per heavy atom. The Morgan fingerprint density at radius 2 is 1.71 bits per heavy atom. The van der Waals surface area contributed by atoms with E-state index in [0.29, 0.717) is 16.5 Å². The van der Waals surface area contributed by atoms with Gasteiger partial charge in [0.1, 0.15) is 11.6 Å². The molecule has 3 aromatic rings. The van der Waals surface area contributed by atoms with Gasteiger partial charge < -0.3 is 10.6 Å². The summed E-state index contributed by atoms with van der Waals surface area (Å²) in [6.45, 7) is -0.204. The number of nitrogen functional groups attached to an aromatic ring is 1. The average molecular weight is 487 g/mol. The van der Waals surface area contributed by atoms with Crippen LogP contribution < -0.4 is 15.5 Å². The van der Waals surface area contributed by atoms with E-state index in [1.807, 2.05) is 0 Å². The zero-order chi connectivity index (χ0) is 24.4. The molecule has 11 heteroatoms. The molecule has 0 aliphatic carbocycles. The van der Waals surface area contributed by atoms with Crippen molar-refractivity contribution >= 4 is 38.7 Å². The van der Waals surface area contributed by atoms with Gasteiger partial charge in [0, 0.05) is 23.0 Å². The van der Waals surface area contributed by atoms with Crippen LogP contribution >= 0.6 is 0 Å². The number of carbonyl (C=O) groups excluding carboxylic acids is 2. The number of fused-ring (bicyclic) bond motifs is 2. The molecular formula is C23H16F3N3O4S. The fourth-order valence-corrected chi connectivity index (χ4v) is 6.58. The van der Waals surface area contributed by atoms with Gasteiger partial charge in [0.05, 0.1) is 12.2 Å². The summed E-state index contributed by atoms with van der Waals surface area (Å²) in [5.41, 5.74) is 6.15. The summed E-state index contributed by atoms with van der Waals surface area (Å²) in [7, 11) is -4.53. The molecular weight excluding hydrogens is 471 g/mol.